The first kappa shape index (κ1) is 32.9. The minimum Gasteiger partial charge on any atom is -0.508 e. The summed E-state index contributed by atoms with van der Waals surface area (Å²) in [5.41, 5.74) is 5.71. The van der Waals surface area contributed by atoms with Gasteiger partial charge >= 0.3 is 5.97 Å². The fraction of sp³-hybridized carbons (Fsp3) is 0.276. The number of H-pyrrole nitrogens is 1. The molecule has 0 spiro atoms. The number of aliphatic carboxylic acids is 1. The third-order valence-electron chi connectivity index (χ3n) is 7.55. The number of nitrogens with zero attached hydrogens (tertiary/aromatic N) is 3. The Morgan fingerprint density at radius 3 is 2.28 bits per heavy atom. The van der Waals surface area contributed by atoms with E-state index in [1.807, 2.05) is 0 Å². The summed E-state index contributed by atoms with van der Waals surface area (Å²) in [5, 5.41) is 21.1. The number of amides is 4. The number of aromatic nitrogens is 2. The van der Waals surface area contributed by atoms with Crippen molar-refractivity contribution in [3.05, 3.63) is 76.2 Å². The lowest BCUT2D eigenvalue weighted by atomic mass is 9.94. The molecule has 3 heterocycles. The summed E-state index contributed by atoms with van der Waals surface area (Å²) in [4.78, 5) is 85.4. The largest absolute Gasteiger partial charge is 0.508 e. The van der Waals surface area contributed by atoms with Crippen LogP contribution in [0.15, 0.2) is 59.5 Å². The first-order valence-electron chi connectivity index (χ1n) is 13.6. The summed E-state index contributed by atoms with van der Waals surface area (Å²) in [5.74, 6) is -4.91. The van der Waals surface area contributed by atoms with Crippen LogP contribution in [0.4, 0.5) is 5.69 Å². The molecule has 2 fully saturated rings. The molecule has 5 rings (SSSR count). The molecule has 0 aliphatic carbocycles. The van der Waals surface area contributed by atoms with Gasteiger partial charge in [0.05, 0.1) is 0 Å². The van der Waals surface area contributed by atoms with Crippen LogP contribution in [0, 0.1) is 0 Å². The maximum Gasteiger partial charge on any atom is 0.327 e. The van der Waals surface area contributed by atoms with Crippen molar-refractivity contribution in [1.82, 2.24) is 19.8 Å². The number of imide groups is 1. The highest BCUT2D eigenvalue weighted by molar-refractivity contribution is 8.01. The maximum atomic E-state index is 14.0. The number of aromatic amines is 1. The molecule has 0 saturated carbocycles. The molecule has 6 N–H and O–H groups in total. The number of alkyl halides is 2. The SMILES string of the molecule is CC1(C)S[C@@H]2[C@H](N(C(=O)c3cnc(-c4ccc(NC(=O)C(Cl)Cl)cc4)[nH]c3=O)C(=O)C(N)c3ccc(O)cc3)C(=O)N2[C@H]1C(=O)O. The molecule has 2 aliphatic heterocycles. The van der Waals surface area contributed by atoms with E-state index in [1.54, 1.807) is 13.8 Å². The first-order chi connectivity index (χ1) is 21.6. The number of nitrogens with one attached hydrogen (secondary N) is 2. The smallest absolute Gasteiger partial charge is 0.327 e. The van der Waals surface area contributed by atoms with Crippen molar-refractivity contribution < 1.29 is 34.2 Å². The average molecular weight is 690 g/mol. The molecule has 3 aromatic rings. The molecule has 0 bridgehead atoms. The summed E-state index contributed by atoms with van der Waals surface area (Å²) < 4.78 is -0.966. The molecule has 14 nitrogen and oxygen atoms in total. The number of fused-ring (bicyclic) bond motifs is 1. The zero-order valence-electron chi connectivity index (χ0n) is 24.0. The average Bonchev–Trinajstić information content (AvgIpc) is 3.26. The zero-order chi connectivity index (χ0) is 33.7. The third-order valence-corrected chi connectivity index (χ3v) is 9.51. The number of aromatic hydroxyl groups is 1. The van der Waals surface area contributed by atoms with Crippen LogP contribution in [0.3, 0.4) is 0 Å². The van der Waals surface area contributed by atoms with Crippen LogP contribution < -0.4 is 16.6 Å². The molecular formula is C29H26Cl2N6O8S. The van der Waals surface area contributed by atoms with Crippen LogP contribution in [0.25, 0.3) is 11.4 Å². The van der Waals surface area contributed by atoms with Gasteiger partial charge in [0.15, 0.2) is 4.84 Å². The van der Waals surface area contributed by atoms with Gasteiger partial charge in [-0.1, -0.05) is 35.3 Å². The van der Waals surface area contributed by atoms with Crippen molar-refractivity contribution in [3.8, 4) is 17.1 Å². The van der Waals surface area contributed by atoms with Crippen molar-refractivity contribution in [2.24, 2.45) is 5.73 Å². The number of phenolic OH excluding ortho intramolecular Hbond substituents is 1. The minimum atomic E-state index is -1.49. The molecule has 4 atom stereocenters. The predicted molar refractivity (Wildman–Crippen MR) is 168 cm³/mol. The van der Waals surface area contributed by atoms with E-state index in [0.717, 1.165) is 22.9 Å². The fourth-order valence-corrected chi connectivity index (χ4v) is 7.08. The topological polar surface area (TPSA) is 216 Å². The van der Waals surface area contributed by atoms with Crippen LogP contribution in [0.2, 0.25) is 0 Å². The van der Waals surface area contributed by atoms with Gasteiger partial charge in [-0.2, -0.15) is 0 Å². The Kier molecular flexibility index (Phi) is 8.88. The number of phenols is 1. The molecule has 2 aromatic carbocycles. The van der Waals surface area contributed by atoms with Gasteiger partial charge in [-0.15, -0.1) is 11.8 Å². The van der Waals surface area contributed by atoms with E-state index in [2.05, 4.69) is 15.3 Å². The van der Waals surface area contributed by atoms with E-state index in [0.29, 0.717) is 16.2 Å². The van der Waals surface area contributed by atoms with Crippen LogP contribution in [-0.2, 0) is 19.2 Å². The Morgan fingerprint density at radius 1 is 1.09 bits per heavy atom. The molecule has 1 unspecified atom stereocenters. The number of β-lactam (4-membered cyclic amide) rings is 1. The van der Waals surface area contributed by atoms with Crippen molar-refractivity contribution in [2.45, 2.75) is 46.9 Å². The van der Waals surface area contributed by atoms with Gasteiger partial charge in [-0.3, -0.25) is 28.9 Å². The number of rotatable bonds is 8. The van der Waals surface area contributed by atoms with E-state index in [-0.39, 0.29) is 17.1 Å². The minimum absolute atomic E-state index is 0.0500. The molecule has 2 saturated heterocycles. The predicted octanol–water partition coefficient (Wildman–Crippen LogP) is 2.07. The van der Waals surface area contributed by atoms with Gasteiger partial charge in [-0.25, -0.2) is 9.78 Å². The molecule has 4 amide bonds. The Bertz CT molecular complexity index is 1800. The number of nitrogens with two attached hydrogens (primary N) is 1. The standard InChI is InChI=1S/C29H26Cl2N6O8S/c1-29(2)19(28(44)45)37-26(43)18(27(37)46-29)36(25(42)17(32)12-5-9-15(38)10-6-12)24(41)16-11-33-21(35-22(16)39)13-3-7-14(8-4-13)34-23(40)20(30)31/h3-11,17-20,27,38H,32H2,1-2H3,(H,34,40)(H,44,45)(H,33,35,39)/t17?,18-,19+,27-/m1/s1. The molecular weight excluding hydrogens is 663 g/mol. The number of carboxylic acid groups (broad SMARTS) is 1. The number of carbonyl (C=O) groups is 5. The van der Waals surface area contributed by atoms with Crippen LogP contribution >= 0.6 is 35.0 Å². The number of anilines is 1. The summed E-state index contributed by atoms with van der Waals surface area (Å²) in [6.45, 7) is 3.27. The van der Waals surface area contributed by atoms with E-state index in [4.69, 9.17) is 28.9 Å². The van der Waals surface area contributed by atoms with Crippen molar-refractivity contribution in [2.75, 3.05) is 5.32 Å². The maximum absolute atomic E-state index is 14.0. The first-order valence-corrected chi connectivity index (χ1v) is 15.3. The quantitative estimate of drug-likeness (QED) is 0.170. The van der Waals surface area contributed by atoms with Crippen molar-refractivity contribution >= 4 is 70.2 Å². The summed E-state index contributed by atoms with van der Waals surface area (Å²) >= 11 is 12.2. The number of carboxylic acids is 1. The highest BCUT2D eigenvalue weighted by Crippen LogP contribution is 2.52. The van der Waals surface area contributed by atoms with E-state index >= 15 is 0 Å². The fourth-order valence-electron chi connectivity index (χ4n) is 5.30. The van der Waals surface area contributed by atoms with Crippen LogP contribution in [0.5, 0.6) is 5.75 Å². The second kappa shape index (κ2) is 12.4. The Hall–Kier alpha value is -4.44. The number of hydrogen-bond donors (Lipinski definition) is 5. The van der Waals surface area contributed by atoms with Crippen molar-refractivity contribution in [1.29, 1.82) is 0 Å². The highest BCUT2D eigenvalue weighted by Gasteiger charge is 2.66. The van der Waals surface area contributed by atoms with Gasteiger partial charge in [0.25, 0.3) is 29.2 Å². The zero-order valence-corrected chi connectivity index (χ0v) is 26.3. The lowest BCUT2D eigenvalue weighted by Gasteiger charge is -2.47. The molecule has 2 aliphatic rings. The van der Waals surface area contributed by atoms with Gasteiger partial charge in [-0.05, 0) is 55.8 Å². The van der Waals surface area contributed by atoms with Crippen molar-refractivity contribution in [3.63, 3.8) is 0 Å². The monoisotopic (exact) mass is 688 g/mol. The van der Waals surface area contributed by atoms with Gasteiger partial charge in [0, 0.05) is 22.2 Å². The van der Waals surface area contributed by atoms with E-state index in [1.165, 1.54) is 48.5 Å². The van der Waals surface area contributed by atoms with Crippen LogP contribution in [-0.4, -0.2) is 86.6 Å². The Morgan fingerprint density at radius 2 is 1.72 bits per heavy atom. The number of carbonyl (C=O) groups excluding carboxylic acids is 4. The molecule has 17 heteroatoms. The third kappa shape index (κ3) is 5.93. The number of hydrogen-bond acceptors (Lipinski definition) is 10. The van der Waals surface area contributed by atoms with Crippen LogP contribution in [0.1, 0.15) is 35.8 Å². The second-order valence-corrected chi connectivity index (χ2v) is 13.8. The van der Waals surface area contributed by atoms with E-state index < -0.39 is 73.8 Å². The summed E-state index contributed by atoms with van der Waals surface area (Å²) in [7, 11) is 0. The molecule has 46 heavy (non-hydrogen) atoms. The Labute approximate surface area is 274 Å². The molecule has 1 aromatic heterocycles. The van der Waals surface area contributed by atoms with Gasteiger partial charge in [0.1, 0.15) is 40.6 Å². The molecule has 0 radical (unpaired) electrons. The lowest BCUT2D eigenvalue weighted by molar-refractivity contribution is -0.166. The number of thioether (sulfide) groups is 1. The normalized spacial score (nSPS) is 20.4. The highest BCUT2D eigenvalue weighted by atomic mass is 35.5. The van der Waals surface area contributed by atoms with E-state index in [9.17, 15) is 39.0 Å². The summed E-state index contributed by atoms with van der Waals surface area (Å²) in [6.07, 6.45) is 0.955. The number of benzene rings is 2. The van der Waals surface area contributed by atoms with Gasteiger partial charge < -0.3 is 31.1 Å². The molecule has 240 valence electrons. The lowest BCUT2D eigenvalue weighted by Crippen LogP contribution is -2.72. The second-order valence-electron chi connectivity index (χ2n) is 11.0. The van der Waals surface area contributed by atoms with Gasteiger partial charge in [0.2, 0.25) is 0 Å². The Balaban J connectivity index is 1.48. The number of halogens is 2. The summed E-state index contributed by atoms with van der Waals surface area (Å²) in [6, 6.07) is 7.21.